The SMILES string of the molecule is CSc1cccc(N2C(=O)[C@H]3CC=CC[C@H]3C2=O)c1. The van der Waals surface area contributed by atoms with Gasteiger partial charge in [0.1, 0.15) is 0 Å². The van der Waals surface area contributed by atoms with E-state index in [1.54, 1.807) is 11.8 Å². The number of imide groups is 1. The fourth-order valence-electron chi connectivity index (χ4n) is 2.80. The Kier molecular flexibility index (Phi) is 3.19. The number of allylic oxidation sites excluding steroid dienone is 2. The molecule has 3 nitrogen and oxygen atoms in total. The summed E-state index contributed by atoms with van der Waals surface area (Å²) in [5, 5.41) is 0. The quantitative estimate of drug-likeness (QED) is 0.472. The molecule has 1 aromatic carbocycles. The van der Waals surface area contributed by atoms with E-state index >= 15 is 0 Å². The molecule has 2 atom stereocenters. The standard InChI is InChI=1S/C15H15NO2S/c1-19-11-6-4-5-10(9-11)16-14(17)12-7-2-3-8-13(12)15(16)18/h2-6,9,12-13H,7-8H2,1H3/t12-,13+. The highest BCUT2D eigenvalue weighted by molar-refractivity contribution is 7.98. The molecule has 0 aromatic heterocycles. The Morgan fingerprint density at radius 2 is 1.74 bits per heavy atom. The molecule has 0 radical (unpaired) electrons. The number of thioether (sulfide) groups is 1. The summed E-state index contributed by atoms with van der Waals surface area (Å²) >= 11 is 1.61. The molecule has 0 bridgehead atoms. The first-order valence-corrected chi connectivity index (χ1v) is 7.61. The number of fused-ring (bicyclic) bond motifs is 1. The third-order valence-corrected chi connectivity index (χ3v) is 4.54. The minimum atomic E-state index is -0.157. The van der Waals surface area contributed by atoms with Crippen molar-refractivity contribution >= 4 is 29.3 Å². The zero-order chi connectivity index (χ0) is 13.4. The van der Waals surface area contributed by atoms with Gasteiger partial charge in [-0.25, -0.2) is 4.90 Å². The molecule has 19 heavy (non-hydrogen) atoms. The number of hydrogen-bond acceptors (Lipinski definition) is 3. The Bertz CT molecular complexity index is 541. The summed E-state index contributed by atoms with van der Waals surface area (Å²) < 4.78 is 0. The molecule has 1 saturated heterocycles. The van der Waals surface area contributed by atoms with Gasteiger partial charge in [0.2, 0.25) is 11.8 Å². The summed E-state index contributed by atoms with van der Waals surface area (Å²) in [6, 6.07) is 7.61. The van der Waals surface area contributed by atoms with Crippen LogP contribution in [0.5, 0.6) is 0 Å². The van der Waals surface area contributed by atoms with E-state index in [1.165, 1.54) is 4.90 Å². The van der Waals surface area contributed by atoms with Crippen LogP contribution in [0.15, 0.2) is 41.3 Å². The van der Waals surface area contributed by atoms with E-state index in [9.17, 15) is 9.59 Å². The van der Waals surface area contributed by atoms with Crippen molar-refractivity contribution in [1.29, 1.82) is 0 Å². The lowest BCUT2D eigenvalue weighted by Gasteiger charge is -2.15. The predicted octanol–water partition coefficient (Wildman–Crippen LogP) is 2.86. The van der Waals surface area contributed by atoms with Crippen LogP contribution < -0.4 is 4.90 Å². The van der Waals surface area contributed by atoms with E-state index < -0.39 is 0 Å². The van der Waals surface area contributed by atoms with Gasteiger partial charge in [-0.3, -0.25) is 9.59 Å². The van der Waals surface area contributed by atoms with Gasteiger partial charge in [-0.1, -0.05) is 18.2 Å². The third kappa shape index (κ3) is 2.00. The molecule has 0 saturated carbocycles. The number of rotatable bonds is 2. The molecule has 2 amide bonds. The largest absolute Gasteiger partial charge is 0.274 e. The topological polar surface area (TPSA) is 37.4 Å². The molecule has 1 aromatic rings. The van der Waals surface area contributed by atoms with Gasteiger partial charge in [-0.15, -0.1) is 11.8 Å². The van der Waals surface area contributed by atoms with Gasteiger partial charge in [0.15, 0.2) is 0 Å². The molecule has 0 N–H and O–H groups in total. The second-order valence-corrected chi connectivity index (χ2v) is 5.75. The average molecular weight is 273 g/mol. The number of benzene rings is 1. The monoisotopic (exact) mass is 273 g/mol. The molecular weight excluding hydrogens is 258 g/mol. The Labute approximate surface area is 116 Å². The van der Waals surface area contributed by atoms with Gasteiger partial charge in [0, 0.05) is 4.90 Å². The predicted molar refractivity (Wildman–Crippen MR) is 76.1 cm³/mol. The highest BCUT2D eigenvalue weighted by Crippen LogP contribution is 2.38. The summed E-state index contributed by atoms with van der Waals surface area (Å²) in [5.74, 6) is -0.402. The van der Waals surface area contributed by atoms with E-state index in [1.807, 2.05) is 42.7 Å². The highest BCUT2D eigenvalue weighted by atomic mass is 32.2. The van der Waals surface area contributed by atoms with Crippen LogP contribution in [-0.2, 0) is 9.59 Å². The summed E-state index contributed by atoms with van der Waals surface area (Å²) in [4.78, 5) is 27.3. The first-order valence-electron chi connectivity index (χ1n) is 6.39. The molecule has 0 spiro atoms. The van der Waals surface area contributed by atoms with Gasteiger partial charge in [-0.2, -0.15) is 0 Å². The third-order valence-electron chi connectivity index (χ3n) is 3.82. The summed E-state index contributed by atoms with van der Waals surface area (Å²) in [5.41, 5.74) is 0.705. The van der Waals surface area contributed by atoms with E-state index in [4.69, 9.17) is 0 Å². The van der Waals surface area contributed by atoms with Crippen LogP contribution in [-0.4, -0.2) is 18.1 Å². The van der Waals surface area contributed by atoms with Crippen molar-refractivity contribution in [2.45, 2.75) is 17.7 Å². The van der Waals surface area contributed by atoms with Crippen molar-refractivity contribution in [2.24, 2.45) is 11.8 Å². The van der Waals surface area contributed by atoms with E-state index in [-0.39, 0.29) is 23.7 Å². The van der Waals surface area contributed by atoms with E-state index in [0.29, 0.717) is 18.5 Å². The average Bonchev–Trinajstić information content (AvgIpc) is 2.72. The summed E-state index contributed by atoms with van der Waals surface area (Å²) in [7, 11) is 0. The van der Waals surface area contributed by atoms with Crippen LogP contribution >= 0.6 is 11.8 Å². The first kappa shape index (κ1) is 12.5. The summed E-state index contributed by atoms with van der Waals surface area (Å²) in [6.45, 7) is 0. The normalized spacial score (nSPS) is 25.8. The molecule has 98 valence electrons. The maximum Gasteiger partial charge on any atom is 0.238 e. The van der Waals surface area contributed by atoms with Gasteiger partial charge in [-0.05, 0) is 37.3 Å². The zero-order valence-electron chi connectivity index (χ0n) is 10.7. The molecule has 1 heterocycles. The molecule has 0 unspecified atom stereocenters. The second-order valence-electron chi connectivity index (χ2n) is 4.87. The molecule has 1 aliphatic heterocycles. The van der Waals surface area contributed by atoms with Crippen LogP contribution in [0.3, 0.4) is 0 Å². The fraction of sp³-hybridized carbons (Fsp3) is 0.333. The van der Waals surface area contributed by atoms with Gasteiger partial charge < -0.3 is 0 Å². The number of amides is 2. The number of anilines is 1. The lowest BCUT2D eigenvalue weighted by atomic mass is 9.85. The molecule has 4 heteroatoms. The van der Waals surface area contributed by atoms with Gasteiger partial charge in [0.05, 0.1) is 17.5 Å². The second kappa shape index (κ2) is 4.85. The van der Waals surface area contributed by atoms with E-state index in [0.717, 1.165) is 4.90 Å². The van der Waals surface area contributed by atoms with Crippen molar-refractivity contribution in [3.63, 3.8) is 0 Å². The van der Waals surface area contributed by atoms with Crippen LogP contribution in [0.25, 0.3) is 0 Å². The zero-order valence-corrected chi connectivity index (χ0v) is 11.5. The Morgan fingerprint density at radius 3 is 2.32 bits per heavy atom. The lowest BCUT2D eigenvalue weighted by molar-refractivity contribution is -0.122. The Hall–Kier alpha value is -1.55. The number of carbonyl (C=O) groups excluding carboxylic acids is 2. The van der Waals surface area contributed by atoms with Crippen molar-refractivity contribution < 1.29 is 9.59 Å². The molecule has 1 aliphatic carbocycles. The fourth-order valence-corrected chi connectivity index (χ4v) is 3.26. The van der Waals surface area contributed by atoms with Crippen LogP contribution in [0.4, 0.5) is 5.69 Å². The van der Waals surface area contributed by atoms with Crippen LogP contribution in [0.2, 0.25) is 0 Å². The number of hydrogen-bond donors (Lipinski definition) is 0. The maximum absolute atomic E-state index is 12.4. The van der Waals surface area contributed by atoms with Crippen LogP contribution in [0, 0.1) is 11.8 Å². The smallest absolute Gasteiger partial charge is 0.238 e. The maximum atomic E-state index is 12.4. The molecule has 1 fully saturated rings. The van der Waals surface area contributed by atoms with Crippen molar-refractivity contribution in [2.75, 3.05) is 11.2 Å². The Morgan fingerprint density at radius 1 is 1.11 bits per heavy atom. The van der Waals surface area contributed by atoms with Gasteiger partial charge in [0.25, 0.3) is 0 Å². The Balaban J connectivity index is 1.97. The van der Waals surface area contributed by atoms with Crippen LogP contribution in [0.1, 0.15) is 12.8 Å². The number of carbonyl (C=O) groups is 2. The van der Waals surface area contributed by atoms with E-state index in [2.05, 4.69) is 0 Å². The van der Waals surface area contributed by atoms with Gasteiger partial charge >= 0.3 is 0 Å². The lowest BCUT2D eigenvalue weighted by Crippen LogP contribution is -2.30. The summed E-state index contributed by atoms with van der Waals surface area (Å²) in [6.07, 6.45) is 7.38. The highest BCUT2D eigenvalue weighted by Gasteiger charge is 2.47. The molecular formula is C15H15NO2S. The van der Waals surface area contributed by atoms with Crippen molar-refractivity contribution in [3.05, 3.63) is 36.4 Å². The molecule has 3 rings (SSSR count). The number of nitrogens with zero attached hydrogens (tertiary/aromatic N) is 1. The molecule has 2 aliphatic rings. The minimum absolute atomic E-state index is 0.0439. The minimum Gasteiger partial charge on any atom is -0.274 e. The van der Waals surface area contributed by atoms with Crippen molar-refractivity contribution in [3.8, 4) is 0 Å². The van der Waals surface area contributed by atoms with Crippen molar-refractivity contribution in [1.82, 2.24) is 0 Å². The first-order chi connectivity index (χ1) is 9.22.